The van der Waals surface area contributed by atoms with Crippen molar-refractivity contribution >= 4 is 26.8 Å². The molecular weight excluding hydrogens is 252 g/mol. The van der Waals surface area contributed by atoms with Crippen LogP contribution in [0.2, 0.25) is 0 Å². The minimum Gasteiger partial charge on any atom is -0.267 e. The van der Waals surface area contributed by atoms with E-state index in [0.29, 0.717) is 5.92 Å². The van der Waals surface area contributed by atoms with Gasteiger partial charge in [0, 0.05) is 16.9 Å². The highest BCUT2D eigenvalue weighted by Crippen LogP contribution is 2.26. The maximum atomic E-state index is 4.58. The number of nitrogens with zero attached hydrogens (tertiary/aromatic N) is 2. The molecule has 0 unspecified atom stereocenters. The van der Waals surface area contributed by atoms with Gasteiger partial charge in [0.15, 0.2) is 0 Å². The molecule has 1 heterocycles. The first-order valence-electron chi connectivity index (χ1n) is 5.19. The molecule has 0 spiro atoms. The Morgan fingerprint density at radius 3 is 2.80 bits per heavy atom. The first-order chi connectivity index (χ1) is 7.09. The minimum absolute atomic E-state index is 0.641. The summed E-state index contributed by atoms with van der Waals surface area (Å²) in [6.07, 6.45) is 1.04. The second-order valence-electron chi connectivity index (χ2n) is 4.30. The van der Waals surface area contributed by atoms with Gasteiger partial charge in [-0.05, 0) is 34.3 Å². The van der Waals surface area contributed by atoms with Gasteiger partial charge in [-0.2, -0.15) is 5.10 Å². The van der Waals surface area contributed by atoms with Crippen molar-refractivity contribution in [1.82, 2.24) is 9.78 Å². The zero-order valence-electron chi connectivity index (χ0n) is 9.29. The fourth-order valence-electron chi connectivity index (χ4n) is 1.90. The molecule has 3 heteroatoms. The Kier molecular flexibility index (Phi) is 2.83. The lowest BCUT2D eigenvalue weighted by atomic mass is 10.1. The molecule has 0 atom stereocenters. The van der Waals surface area contributed by atoms with Gasteiger partial charge in [-0.25, -0.2) is 0 Å². The lowest BCUT2D eigenvalue weighted by molar-refractivity contribution is 0.624. The molecule has 0 saturated heterocycles. The van der Waals surface area contributed by atoms with Crippen LogP contribution in [0.5, 0.6) is 0 Å². The Hall–Kier alpha value is -0.830. The molecule has 0 aliphatic heterocycles. The van der Waals surface area contributed by atoms with Gasteiger partial charge in [0.25, 0.3) is 0 Å². The highest BCUT2D eigenvalue weighted by atomic mass is 79.9. The van der Waals surface area contributed by atoms with Crippen LogP contribution >= 0.6 is 15.9 Å². The Labute approximate surface area is 98.4 Å². The Bertz CT molecular complexity index is 486. The fourth-order valence-corrected chi connectivity index (χ4v) is 2.52. The summed E-state index contributed by atoms with van der Waals surface area (Å²) in [5, 5.41) is 5.84. The normalized spacial score (nSPS) is 11.5. The van der Waals surface area contributed by atoms with E-state index in [4.69, 9.17) is 0 Å². The maximum absolute atomic E-state index is 4.58. The quantitative estimate of drug-likeness (QED) is 0.813. The van der Waals surface area contributed by atoms with Crippen LogP contribution in [0.15, 0.2) is 22.7 Å². The smallest absolute Gasteiger partial charge is 0.0823 e. The van der Waals surface area contributed by atoms with Crippen LogP contribution in [0.25, 0.3) is 10.9 Å². The van der Waals surface area contributed by atoms with Crippen molar-refractivity contribution in [3.05, 3.63) is 28.4 Å². The average Bonchev–Trinajstić information content (AvgIpc) is 2.44. The number of aromatic nitrogens is 2. The van der Waals surface area contributed by atoms with Crippen molar-refractivity contribution in [3.8, 4) is 0 Å². The standard InChI is InChI=1S/C12H15BrN2/c1-8(2)7-11-9-5-4-6-10(13)12(9)15(3)14-11/h4-6,8H,7H2,1-3H3. The van der Waals surface area contributed by atoms with Crippen molar-refractivity contribution in [2.24, 2.45) is 13.0 Å². The SMILES string of the molecule is CC(C)Cc1nn(C)c2c(Br)cccc12. The highest BCUT2D eigenvalue weighted by Gasteiger charge is 2.11. The van der Waals surface area contributed by atoms with E-state index in [9.17, 15) is 0 Å². The van der Waals surface area contributed by atoms with Crippen LogP contribution in [-0.2, 0) is 13.5 Å². The average molecular weight is 267 g/mol. The van der Waals surface area contributed by atoms with Gasteiger partial charge in [0.2, 0.25) is 0 Å². The Morgan fingerprint density at radius 1 is 1.40 bits per heavy atom. The second kappa shape index (κ2) is 3.97. The number of benzene rings is 1. The Morgan fingerprint density at radius 2 is 2.13 bits per heavy atom. The molecule has 0 radical (unpaired) electrons. The summed E-state index contributed by atoms with van der Waals surface area (Å²) in [6, 6.07) is 6.27. The van der Waals surface area contributed by atoms with Gasteiger partial charge < -0.3 is 0 Å². The Balaban J connectivity index is 2.63. The first kappa shape index (κ1) is 10.7. The molecule has 1 aromatic heterocycles. The molecule has 2 aromatic rings. The van der Waals surface area contributed by atoms with Gasteiger partial charge in [0.05, 0.1) is 11.2 Å². The number of hydrogen-bond donors (Lipinski definition) is 0. The van der Waals surface area contributed by atoms with Crippen LogP contribution in [0, 0.1) is 5.92 Å². The van der Waals surface area contributed by atoms with Crippen LogP contribution in [0.3, 0.4) is 0 Å². The molecule has 0 aliphatic carbocycles. The van der Waals surface area contributed by atoms with Crippen molar-refractivity contribution in [3.63, 3.8) is 0 Å². The van der Waals surface area contributed by atoms with E-state index in [2.05, 4.69) is 53.1 Å². The number of para-hydroxylation sites is 1. The predicted octanol–water partition coefficient (Wildman–Crippen LogP) is 3.53. The summed E-state index contributed by atoms with van der Waals surface area (Å²) in [6.45, 7) is 4.44. The molecule has 0 N–H and O–H groups in total. The predicted molar refractivity (Wildman–Crippen MR) is 67.0 cm³/mol. The van der Waals surface area contributed by atoms with Crippen molar-refractivity contribution in [2.75, 3.05) is 0 Å². The molecule has 0 aliphatic rings. The number of hydrogen-bond acceptors (Lipinski definition) is 1. The lowest BCUT2D eigenvalue weighted by Crippen LogP contribution is -1.96. The lowest BCUT2D eigenvalue weighted by Gasteiger charge is -2.00. The summed E-state index contributed by atoms with van der Waals surface area (Å²) in [4.78, 5) is 0. The van der Waals surface area contributed by atoms with E-state index in [1.165, 1.54) is 16.6 Å². The first-order valence-corrected chi connectivity index (χ1v) is 5.99. The largest absolute Gasteiger partial charge is 0.267 e. The molecule has 2 nitrogen and oxygen atoms in total. The molecule has 15 heavy (non-hydrogen) atoms. The number of aryl methyl sites for hydroxylation is 1. The van der Waals surface area contributed by atoms with Gasteiger partial charge in [-0.15, -0.1) is 0 Å². The zero-order chi connectivity index (χ0) is 11.0. The number of rotatable bonds is 2. The minimum atomic E-state index is 0.641. The van der Waals surface area contributed by atoms with E-state index in [1.807, 2.05) is 11.7 Å². The topological polar surface area (TPSA) is 17.8 Å². The van der Waals surface area contributed by atoms with Gasteiger partial charge in [-0.1, -0.05) is 26.0 Å². The third-order valence-corrected chi connectivity index (χ3v) is 3.13. The molecule has 0 fully saturated rings. The summed E-state index contributed by atoms with van der Waals surface area (Å²) in [5.41, 5.74) is 2.39. The summed E-state index contributed by atoms with van der Waals surface area (Å²) in [7, 11) is 2.00. The van der Waals surface area contributed by atoms with E-state index < -0.39 is 0 Å². The molecule has 1 aromatic carbocycles. The monoisotopic (exact) mass is 266 g/mol. The number of halogens is 1. The molecule has 0 saturated carbocycles. The van der Waals surface area contributed by atoms with Crippen molar-refractivity contribution in [1.29, 1.82) is 0 Å². The van der Waals surface area contributed by atoms with Crippen LogP contribution in [0.4, 0.5) is 0 Å². The molecule has 0 bridgehead atoms. The van der Waals surface area contributed by atoms with Crippen LogP contribution in [-0.4, -0.2) is 9.78 Å². The number of fused-ring (bicyclic) bond motifs is 1. The summed E-state index contributed by atoms with van der Waals surface area (Å²) >= 11 is 3.57. The molecular formula is C12H15BrN2. The van der Waals surface area contributed by atoms with Crippen LogP contribution < -0.4 is 0 Å². The van der Waals surface area contributed by atoms with E-state index in [-0.39, 0.29) is 0 Å². The molecule has 0 amide bonds. The second-order valence-corrected chi connectivity index (χ2v) is 5.16. The summed E-state index contributed by atoms with van der Waals surface area (Å²) in [5.74, 6) is 0.641. The van der Waals surface area contributed by atoms with Crippen molar-refractivity contribution in [2.45, 2.75) is 20.3 Å². The van der Waals surface area contributed by atoms with Gasteiger partial charge in [0.1, 0.15) is 0 Å². The summed E-state index contributed by atoms with van der Waals surface area (Å²) < 4.78 is 3.07. The van der Waals surface area contributed by atoms with E-state index in [1.54, 1.807) is 0 Å². The molecule has 80 valence electrons. The third-order valence-electron chi connectivity index (χ3n) is 2.49. The molecule has 2 rings (SSSR count). The van der Waals surface area contributed by atoms with Gasteiger partial charge in [-0.3, -0.25) is 4.68 Å². The zero-order valence-corrected chi connectivity index (χ0v) is 10.9. The fraction of sp³-hybridized carbons (Fsp3) is 0.417. The van der Waals surface area contributed by atoms with E-state index >= 15 is 0 Å². The highest BCUT2D eigenvalue weighted by molar-refractivity contribution is 9.10. The van der Waals surface area contributed by atoms with E-state index in [0.717, 1.165) is 10.9 Å². The third kappa shape index (κ3) is 1.93. The van der Waals surface area contributed by atoms with Gasteiger partial charge >= 0.3 is 0 Å². The maximum Gasteiger partial charge on any atom is 0.0823 e. The van der Waals surface area contributed by atoms with Crippen LogP contribution in [0.1, 0.15) is 19.5 Å². The van der Waals surface area contributed by atoms with Crippen molar-refractivity contribution < 1.29 is 0 Å².